The van der Waals surface area contributed by atoms with Crippen molar-refractivity contribution < 1.29 is 33.6 Å². The molecule has 8 nitrogen and oxygen atoms in total. The Balaban J connectivity index is 1.82. The van der Waals surface area contributed by atoms with E-state index in [2.05, 4.69) is 6.58 Å². The van der Waals surface area contributed by atoms with Gasteiger partial charge in [-0.25, -0.2) is 0 Å². The zero-order valence-electron chi connectivity index (χ0n) is 20.1. The number of carbonyl (C=O) groups is 2. The largest absolute Gasteiger partial charge is 0.507 e. The van der Waals surface area contributed by atoms with Gasteiger partial charge in [-0.3, -0.25) is 9.59 Å². The average molecular weight is 480 g/mol. The van der Waals surface area contributed by atoms with Crippen LogP contribution in [0.2, 0.25) is 0 Å². The van der Waals surface area contributed by atoms with Gasteiger partial charge in [-0.05, 0) is 48.4 Å². The van der Waals surface area contributed by atoms with Crippen LogP contribution in [0.1, 0.15) is 29.7 Å². The minimum Gasteiger partial charge on any atom is -0.507 e. The summed E-state index contributed by atoms with van der Waals surface area (Å²) in [6.45, 7) is 6.32. The van der Waals surface area contributed by atoms with Crippen LogP contribution >= 0.6 is 0 Å². The Morgan fingerprint density at radius 1 is 1.20 bits per heavy atom. The van der Waals surface area contributed by atoms with Gasteiger partial charge in [0.15, 0.2) is 11.5 Å². The van der Waals surface area contributed by atoms with Crippen LogP contribution in [0.25, 0.3) is 5.76 Å². The zero-order chi connectivity index (χ0) is 25.1. The van der Waals surface area contributed by atoms with Gasteiger partial charge in [-0.1, -0.05) is 18.7 Å². The van der Waals surface area contributed by atoms with E-state index in [4.69, 9.17) is 18.9 Å². The average Bonchev–Trinajstić information content (AvgIpc) is 3.36. The molecule has 1 saturated heterocycles. The van der Waals surface area contributed by atoms with Crippen molar-refractivity contribution in [2.45, 2.75) is 25.5 Å². The summed E-state index contributed by atoms with van der Waals surface area (Å²) < 4.78 is 22.0. The van der Waals surface area contributed by atoms with Gasteiger partial charge in [-0.15, -0.1) is 0 Å². The molecule has 2 unspecified atom stereocenters. The lowest BCUT2D eigenvalue weighted by atomic mass is 9.94. The SMILES string of the molecule is C=CCOc1ccc(C2C(=C(O)c3ccc4c(c3)CC(C)O4)C(=O)C(=O)N2CCOC)cc1OC. The van der Waals surface area contributed by atoms with Crippen LogP contribution in [0, 0.1) is 0 Å². The molecule has 1 fully saturated rings. The lowest BCUT2D eigenvalue weighted by molar-refractivity contribution is -0.140. The van der Waals surface area contributed by atoms with Gasteiger partial charge in [0.05, 0.1) is 25.3 Å². The number of likely N-dealkylation sites (tertiary alicyclic amines) is 1. The molecule has 1 N–H and O–H groups in total. The van der Waals surface area contributed by atoms with Crippen molar-refractivity contribution in [3.63, 3.8) is 0 Å². The van der Waals surface area contributed by atoms with Gasteiger partial charge in [0.1, 0.15) is 24.2 Å². The first kappa shape index (κ1) is 24.3. The van der Waals surface area contributed by atoms with Crippen LogP contribution in [0.5, 0.6) is 17.2 Å². The van der Waals surface area contributed by atoms with E-state index < -0.39 is 17.7 Å². The number of aliphatic hydroxyl groups excluding tert-OH is 1. The van der Waals surface area contributed by atoms with Gasteiger partial charge in [0, 0.05) is 25.6 Å². The van der Waals surface area contributed by atoms with Gasteiger partial charge in [0.2, 0.25) is 0 Å². The number of hydrogen-bond donors (Lipinski definition) is 1. The van der Waals surface area contributed by atoms with Crippen molar-refractivity contribution >= 4 is 17.4 Å². The highest BCUT2D eigenvalue weighted by molar-refractivity contribution is 6.46. The van der Waals surface area contributed by atoms with Crippen molar-refractivity contribution in [1.82, 2.24) is 4.90 Å². The molecule has 35 heavy (non-hydrogen) atoms. The molecule has 2 aliphatic heterocycles. The fourth-order valence-electron chi connectivity index (χ4n) is 4.49. The normalized spacial score (nSPS) is 20.5. The van der Waals surface area contributed by atoms with E-state index in [1.807, 2.05) is 6.92 Å². The minimum absolute atomic E-state index is 0.0137. The van der Waals surface area contributed by atoms with Crippen LogP contribution in [0.3, 0.4) is 0 Å². The number of ether oxygens (including phenoxy) is 4. The third-order valence-corrected chi connectivity index (χ3v) is 6.11. The molecule has 0 radical (unpaired) electrons. The molecule has 2 aromatic rings. The Morgan fingerprint density at radius 2 is 2.00 bits per heavy atom. The number of hydrogen-bond acceptors (Lipinski definition) is 7. The summed E-state index contributed by atoms with van der Waals surface area (Å²) in [6, 6.07) is 9.62. The molecule has 4 rings (SSSR count). The fourth-order valence-corrected chi connectivity index (χ4v) is 4.49. The molecule has 0 aromatic heterocycles. The maximum atomic E-state index is 13.2. The first-order valence-corrected chi connectivity index (χ1v) is 11.4. The van der Waals surface area contributed by atoms with E-state index in [1.165, 1.54) is 19.1 Å². The third-order valence-electron chi connectivity index (χ3n) is 6.11. The van der Waals surface area contributed by atoms with Crippen LogP contribution in [0.15, 0.2) is 54.6 Å². The number of carbonyl (C=O) groups excluding carboxylic acids is 2. The van der Waals surface area contributed by atoms with Crippen molar-refractivity contribution in [2.24, 2.45) is 0 Å². The maximum Gasteiger partial charge on any atom is 0.295 e. The van der Waals surface area contributed by atoms with E-state index in [1.54, 1.807) is 42.5 Å². The molecule has 2 heterocycles. The number of aliphatic hydroxyl groups is 1. The second-order valence-corrected chi connectivity index (χ2v) is 8.45. The standard InChI is InChI=1S/C27H29NO7/c1-5-11-34-21-9-6-17(15-22(21)33-4)24-23(26(30)27(31)28(24)10-12-32-3)25(29)18-7-8-20-19(14-18)13-16(2)35-20/h5-9,14-16,24,29H,1,10-13H2,2-4H3. The first-order chi connectivity index (χ1) is 16.9. The molecule has 8 heteroatoms. The van der Waals surface area contributed by atoms with Gasteiger partial charge in [0.25, 0.3) is 11.7 Å². The number of rotatable bonds is 9. The van der Waals surface area contributed by atoms with E-state index in [0.29, 0.717) is 35.7 Å². The first-order valence-electron chi connectivity index (χ1n) is 11.4. The van der Waals surface area contributed by atoms with E-state index >= 15 is 0 Å². The van der Waals surface area contributed by atoms with Crippen molar-refractivity contribution in [1.29, 1.82) is 0 Å². The third kappa shape index (κ3) is 4.61. The van der Waals surface area contributed by atoms with Gasteiger partial charge < -0.3 is 29.0 Å². The van der Waals surface area contributed by atoms with E-state index in [0.717, 1.165) is 11.3 Å². The summed E-state index contributed by atoms with van der Waals surface area (Å²) in [5, 5.41) is 11.3. The Morgan fingerprint density at radius 3 is 2.71 bits per heavy atom. The minimum atomic E-state index is -0.823. The van der Waals surface area contributed by atoms with Crippen molar-refractivity contribution in [3.05, 3.63) is 71.3 Å². The highest BCUT2D eigenvalue weighted by Crippen LogP contribution is 2.42. The summed E-state index contributed by atoms with van der Waals surface area (Å²) in [7, 11) is 3.03. The number of amides is 1. The van der Waals surface area contributed by atoms with Gasteiger partial charge in [-0.2, -0.15) is 0 Å². The molecule has 2 aromatic carbocycles. The Labute approximate surface area is 204 Å². The molecule has 2 atom stereocenters. The second-order valence-electron chi connectivity index (χ2n) is 8.45. The molecule has 0 aliphatic carbocycles. The zero-order valence-corrected chi connectivity index (χ0v) is 20.1. The number of fused-ring (bicyclic) bond motifs is 1. The number of methoxy groups -OCH3 is 2. The monoisotopic (exact) mass is 479 g/mol. The maximum absolute atomic E-state index is 13.2. The van der Waals surface area contributed by atoms with Gasteiger partial charge >= 0.3 is 0 Å². The Kier molecular flexibility index (Phi) is 7.12. The van der Waals surface area contributed by atoms with Crippen LogP contribution < -0.4 is 14.2 Å². The van der Waals surface area contributed by atoms with Crippen LogP contribution in [-0.4, -0.2) is 61.8 Å². The predicted molar refractivity (Wildman–Crippen MR) is 130 cm³/mol. The van der Waals surface area contributed by atoms with Crippen LogP contribution in [-0.2, 0) is 20.7 Å². The molecule has 0 spiro atoms. The predicted octanol–water partition coefficient (Wildman–Crippen LogP) is 3.65. The Hall–Kier alpha value is -3.78. The summed E-state index contributed by atoms with van der Waals surface area (Å²) in [6.07, 6.45) is 2.36. The summed E-state index contributed by atoms with van der Waals surface area (Å²) in [5.74, 6) is 0.00739. The lowest BCUT2D eigenvalue weighted by Crippen LogP contribution is -2.32. The topological polar surface area (TPSA) is 94.5 Å². The summed E-state index contributed by atoms with van der Waals surface area (Å²) in [4.78, 5) is 27.6. The number of nitrogens with zero attached hydrogens (tertiary/aromatic N) is 1. The molecular weight excluding hydrogens is 450 g/mol. The van der Waals surface area contributed by atoms with Crippen molar-refractivity contribution in [3.8, 4) is 17.2 Å². The number of ketones is 1. The highest BCUT2D eigenvalue weighted by atomic mass is 16.5. The number of benzene rings is 2. The molecule has 2 aliphatic rings. The quantitative estimate of drug-likeness (QED) is 0.254. The molecule has 184 valence electrons. The molecule has 0 bridgehead atoms. The molecule has 0 saturated carbocycles. The van der Waals surface area contributed by atoms with E-state index in [9.17, 15) is 14.7 Å². The number of Topliss-reactive ketones (excluding diaryl/α,β-unsaturated/α-hetero) is 1. The molecular formula is C27H29NO7. The Bertz CT molecular complexity index is 1190. The molecule has 1 amide bonds. The smallest absolute Gasteiger partial charge is 0.295 e. The summed E-state index contributed by atoms with van der Waals surface area (Å²) >= 11 is 0. The highest BCUT2D eigenvalue weighted by Gasteiger charge is 2.46. The van der Waals surface area contributed by atoms with Crippen LogP contribution in [0.4, 0.5) is 0 Å². The lowest BCUT2D eigenvalue weighted by Gasteiger charge is -2.25. The van der Waals surface area contributed by atoms with E-state index in [-0.39, 0.29) is 30.6 Å². The fraction of sp³-hybridized carbons (Fsp3) is 0.333. The second kappa shape index (κ2) is 10.2. The summed E-state index contributed by atoms with van der Waals surface area (Å²) in [5.41, 5.74) is 2.01. The van der Waals surface area contributed by atoms with Crippen molar-refractivity contribution in [2.75, 3.05) is 34.0 Å².